The van der Waals surface area contributed by atoms with Gasteiger partial charge in [0.15, 0.2) is 0 Å². The molecule has 0 spiro atoms. The summed E-state index contributed by atoms with van der Waals surface area (Å²) in [5.41, 5.74) is 5.40. The fourth-order valence-electron chi connectivity index (χ4n) is 4.36. The smallest absolute Gasteiger partial charge is 0.307 e. The Balaban J connectivity index is 1.88. The minimum atomic E-state index is -0.851. The number of esters is 1. The van der Waals surface area contributed by atoms with Crippen molar-refractivity contribution in [2.45, 2.75) is 77.5 Å². The third-order valence-electron chi connectivity index (χ3n) is 6.04. The summed E-state index contributed by atoms with van der Waals surface area (Å²) in [5, 5.41) is 13.5. The molecule has 0 saturated heterocycles. The first kappa shape index (κ1) is 26.9. The van der Waals surface area contributed by atoms with Crippen LogP contribution in [0.4, 0.5) is 5.69 Å². The number of nitrogens with zero attached hydrogens (tertiary/aromatic N) is 2. The molecule has 36 heavy (non-hydrogen) atoms. The Hall–Kier alpha value is -3.69. The third-order valence-corrected chi connectivity index (χ3v) is 6.04. The molecule has 0 aliphatic carbocycles. The second-order valence-electron chi connectivity index (χ2n) is 10.5. The van der Waals surface area contributed by atoms with E-state index in [4.69, 9.17) is 15.9 Å². The molecule has 0 unspecified atom stereocenters. The van der Waals surface area contributed by atoms with Crippen LogP contribution in [0.15, 0.2) is 35.3 Å². The minimum Gasteiger partial charge on any atom is -0.460 e. The maximum atomic E-state index is 13.4. The molecule has 0 bridgehead atoms. The number of nitrogen functional groups attached to an aromatic ring is 1. The van der Waals surface area contributed by atoms with Crippen LogP contribution in [-0.4, -0.2) is 39.4 Å². The zero-order valence-corrected chi connectivity index (χ0v) is 21.6. The molecule has 2 aromatic rings. The van der Waals surface area contributed by atoms with E-state index in [-0.39, 0.29) is 36.7 Å². The molecule has 0 fully saturated rings. The summed E-state index contributed by atoms with van der Waals surface area (Å²) in [7, 11) is 0. The number of hydrogen-bond donors (Lipinski definition) is 4. The lowest BCUT2D eigenvalue weighted by molar-refractivity contribution is -0.156. The maximum absolute atomic E-state index is 13.4. The van der Waals surface area contributed by atoms with Gasteiger partial charge in [-0.2, -0.15) is 0 Å². The van der Waals surface area contributed by atoms with Crippen LogP contribution in [0.25, 0.3) is 0 Å². The molecule has 1 aliphatic rings. The van der Waals surface area contributed by atoms with Gasteiger partial charge in [0.2, 0.25) is 5.91 Å². The first-order chi connectivity index (χ1) is 16.8. The average Bonchev–Trinajstić information content (AvgIpc) is 3.08. The number of carbonyl (C=O) groups excluding carboxylic acids is 2. The predicted molar refractivity (Wildman–Crippen MR) is 138 cm³/mol. The van der Waals surface area contributed by atoms with E-state index in [9.17, 15) is 14.4 Å². The number of carbonyl (C=O) groups is 2. The van der Waals surface area contributed by atoms with Gasteiger partial charge in [-0.15, -0.1) is 0 Å². The summed E-state index contributed by atoms with van der Waals surface area (Å²) in [4.78, 5) is 44.0. The molecule has 194 valence electrons. The largest absolute Gasteiger partial charge is 0.460 e. The molecule has 1 aromatic heterocycles. The van der Waals surface area contributed by atoms with Gasteiger partial charge in [0, 0.05) is 24.1 Å². The molecule has 3 rings (SSSR count). The van der Waals surface area contributed by atoms with Crippen molar-refractivity contribution in [1.29, 1.82) is 5.41 Å². The predicted octanol–water partition coefficient (Wildman–Crippen LogP) is 2.60. The van der Waals surface area contributed by atoms with Crippen molar-refractivity contribution in [3.05, 3.63) is 57.8 Å². The summed E-state index contributed by atoms with van der Waals surface area (Å²) in [6.45, 7) is 10.0. The topological polar surface area (TPSA) is 152 Å². The van der Waals surface area contributed by atoms with Gasteiger partial charge in [0.25, 0.3) is 5.56 Å². The highest BCUT2D eigenvalue weighted by molar-refractivity contribution is 5.94. The summed E-state index contributed by atoms with van der Waals surface area (Å²) < 4.78 is 6.94. The van der Waals surface area contributed by atoms with E-state index in [2.05, 4.69) is 15.6 Å². The van der Waals surface area contributed by atoms with Gasteiger partial charge in [0.05, 0.1) is 12.6 Å². The lowest BCUT2D eigenvalue weighted by Crippen LogP contribution is -2.36. The second kappa shape index (κ2) is 10.5. The molecule has 2 atom stereocenters. The van der Waals surface area contributed by atoms with Gasteiger partial charge in [0.1, 0.15) is 29.0 Å². The molecular formula is C26H36N6O4. The van der Waals surface area contributed by atoms with E-state index in [0.29, 0.717) is 23.6 Å². The molecular weight excluding hydrogens is 460 g/mol. The van der Waals surface area contributed by atoms with E-state index in [1.165, 1.54) is 10.8 Å². The number of ether oxygens (including phenoxy) is 1. The second-order valence-corrected chi connectivity index (χ2v) is 10.5. The lowest BCUT2D eigenvalue weighted by atomic mass is 9.82. The summed E-state index contributed by atoms with van der Waals surface area (Å²) in [6.07, 6.45) is 2.54. The van der Waals surface area contributed by atoms with Crippen molar-refractivity contribution in [2.75, 3.05) is 11.9 Å². The highest BCUT2D eigenvalue weighted by Crippen LogP contribution is 2.42. The normalized spacial score (nSPS) is 18.9. The van der Waals surface area contributed by atoms with E-state index in [1.54, 1.807) is 45.0 Å². The number of amides is 1. The number of anilines is 1. The van der Waals surface area contributed by atoms with Crippen LogP contribution in [0.5, 0.6) is 0 Å². The molecule has 10 heteroatoms. The highest BCUT2D eigenvalue weighted by atomic mass is 16.6. The van der Waals surface area contributed by atoms with Crippen LogP contribution in [0, 0.1) is 5.41 Å². The Labute approximate surface area is 211 Å². The van der Waals surface area contributed by atoms with E-state index >= 15 is 0 Å². The zero-order chi connectivity index (χ0) is 26.7. The van der Waals surface area contributed by atoms with Crippen LogP contribution in [0.3, 0.4) is 0 Å². The molecule has 0 saturated carbocycles. The maximum Gasteiger partial charge on any atom is 0.307 e. The fraction of sp³-hybridized carbons (Fsp3) is 0.500. The number of amidine groups is 1. The van der Waals surface area contributed by atoms with Crippen molar-refractivity contribution in [1.82, 2.24) is 14.9 Å². The van der Waals surface area contributed by atoms with Gasteiger partial charge >= 0.3 is 5.97 Å². The zero-order valence-electron chi connectivity index (χ0n) is 21.6. The fourth-order valence-corrected chi connectivity index (χ4v) is 4.36. The van der Waals surface area contributed by atoms with E-state index in [0.717, 1.165) is 12.0 Å². The van der Waals surface area contributed by atoms with Crippen molar-refractivity contribution >= 4 is 23.4 Å². The van der Waals surface area contributed by atoms with Gasteiger partial charge in [-0.3, -0.25) is 24.4 Å². The van der Waals surface area contributed by atoms with Crippen molar-refractivity contribution in [2.24, 2.45) is 5.73 Å². The van der Waals surface area contributed by atoms with Crippen LogP contribution in [0.1, 0.15) is 76.9 Å². The van der Waals surface area contributed by atoms with Crippen LogP contribution < -0.4 is 21.9 Å². The molecule has 1 amide bonds. The summed E-state index contributed by atoms with van der Waals surface area (Å²) in [5.74, 6) is -0.384. The number of fused-ring (bicyclic) bond motifs is 1. The summed E-state index contributed by atoms with van der Waals surface area (Å²) in [6, 6.07) is 6.17. The van der Waals surface area contributed by atoms with Crippen molar-refractivity contribution in [3.63, 3.8) is 0 Å². The molecule has 0 radical (unpaired) electrons. The summed E-state index contributed by atoms with van der Waals surface area (Å²) >= 11 is 0. The van der Waals surface area contributed by atoms with Gasteiger partial charge in [-0.1, -0.05) is 38.1 Å². The minimum absolute atomic E-state index is 0.00522. The Bertz CT molecular complexity index is 1200. The van der Waals surface area contributed by atoms with Crippen molar-refractivity contribution in [3.8, 4) is 0 Å². The number of nitrogens with one attached hydrogen (secondary N) is 3. The molecule has 10 nitrogen and oxygen atoms in total. The number of nitrogens with two attached hydrogens (primary N) is 1. The quantitative estimate of drug-likeness (QED) is 0.236. The van der Waals surface area contributed by atoms with Crippen LogP contribution in [0.2, 0.25) is 0 Å². The Morgan fingerprint density at radius 1 is 1.28 bits per heavy atom. The number of benzene rings is 1. The lowest BCUT2D eigenvalue weighted by Gasteiger charge is -2.26. The van der Waals surface area contributed by atoms with Gasteiger partial charge < -0.3 is 21.1 Å². The van der Waals surface area contributed by atoms with Gasteiger partial charge in [-0.25, -0.2) is 4.98 Å². The van der Waals surface area contributed by atoms with E-state index in [1.807, 2.05) is 13.8 Å². The SMILES string of the molecule is CCCNc1cnc2n(c1=O)[C@@H](C(=O)NCc1ccc(C(=N)N)cc1)C[C@]2(C)CC(=O)OC(C)(C)C. The third kappa shape index (κ3) is 6.10. The van der Waals surface area contributed by atoms with Gasteiger partial charge in [-0.05, 0) is 39.2 Å². The number of hydrogen-bond acceptors (Lipinski definition) is 7. The van der Waals surface area contributed by atoms with E-state index < -0.39 is 23.0 Å². The first-order valence-electron chi connectivity index (χ1n) is 12.1. The Morgan fingerprint density at radius 2 is 1.94 bits per heavy atom. The first-order valence-corrected chi connectivity index (χ1v) is 12.1. The Kier molecular flexibility index (Phi) is 7.86. The van der Waals surface area contributed by atoms with Crippen molar-refractivity contribution < 1.29 is 14.3 Å². The van der Waals surface area contributed by atoms with Crippen LogP contribution >= 0.6 is 0 Å². The van der Waals surface area contributed by atoms with Crippen LogP contribution in [-0.2, 0) is 26.3 Å². The average molecular weight is 497 g/mol. The number of rotatable bonds is 9. The standard InChI is InChI=1S/C26H36N6O4/c1-6-11-29-18-15-31-24-26(5,13-20(33)36-25(2,3)4)12-19(32(24)23(18)35)22(34)30-14-16-7-9-17(10-8-16)21(27)28/h7-10,15,19,29H,6,11-14H2,1-5H3,(H3,27,28)(H,30,34)/t19-,26-/m1/s1. The highest BCUT2D eigenvalue weighted by Gasteiger charge is 2.47. The molecule has 1 aliphatic heterocycles. The Morgan fingerprint density at radius 3 is 2.53 bits per heavy atom. The molecule has 1 aromatic carbocycles. The molecule has 2 heterocycles. The monoisotopic (exact) mass is 496 g/mol. The number of aromatic nitrogens is 2. The molecule has 5 N–H and O–H groups in total.